The monoisotopic (exact) mass is 456 g/mol. The summed E-state index contributed by atoms with van der Waals surface area (Å²) in [5.41, 5.74) is 2.30. The van der Waals surface area contributed by atoms with Crippen LogP contribution in [0.2, 0.25) is 0 Å². The van der Waals surface area contributed by atoms with Crippen LogP contribution < -0.4 is 9.47 Å². The van der Waals surface area contributed by atoms with E-state index in [0.29, 0.717) is 5.92 Å². The Labute approximate surface area is 189 Å². The van der Waals surface area contributed by atoms with Gasteiger partial charge in [-0.3, -0.25) is 0 Å². The molecule has 0 saturated heterocycles. The number of hydrogen-bond donors (Lipinski definition) is 0. The van der Waals surface area contributed by atoms with Gasteiger partial charge in [0.2, 0.25) is 0 Å². The standard InChI is InChI=1S/C14H19F3O.C12H17FO/c1-10(13(2,3)4)11-6-5-7-12(8-11)18-9-14(15,16)17;1-3-10(2)11-5-4-6-12(9-11)14-8-7-13/h5-8,10H,9H2,1-4H3;4-6,9-10H,3,7-8H2,1-2H3. The van der Waals surface area contributed by atoms with Crippen molar-refractivity contribution in [3.05, 3.63) is 59.7 Å². The largest absolute Gasteiger partial charge is 0.491 e. The fourth-order valence-electron chi connectivity index (χ4n) is 2.84. The first-order chi connectivity index (χ1) is 14.9. The zero-order chi connectivity index (χ0) is 24.4. The zero-order valence-corrected chi connectivity index (χ0v) is 19.9. The van der Waals surface area contributed by atoms with Crippen LogP contribution >= 0.6 is 0 Å². The molecule has 0 aromatic heterocycles. The lowest BCUT2D eigenvalue weighted by atomic mass is 9.78. The Balaban J connectivity index is 0.000000330. The normalized spacial score (nSPS) is 13.6. The Bertz CT molecular complexity index is 797. The average Bonchev–Trinajstić information content (AvgIpc) is 2.75. The van der Waals surface area contributed by atoms with Crippen LogP contribution in [0.15, 0.2) is 48.5 Å². The molecule has 0 aliphatic rings. The van der Waals surface area contributed by atoms with Crippen LogP contribution in [-0.2, 0) is 0 Å². The van der Waals surface area contributed by atoms with Crippen molar-refractivity contribution in [1.29, 1.82) is 0 Å². The molecule has 2 rings (SSSR count). The molecule has 0 N–H and O–H groups in total. The topological polar surface area (TPSA) is 18.5 Å². The molecule has 0 saturated carbocycles. The highest BCUT2D eigenvalue weighted by Gasteiger charge is 2.28. The highest BCUT2D eigenvalue weighted by Crippen LogP contribution is 2.35. The SMILES string of the molecule is CC(c1cccc(OCC(F)(F)F)c1)C(C)(C)C.CCC(C)c1cccc(OCCF)c1. The van der Waals surface area contributed by atoms with Crippen molar-refractivity contribution in [3.63, 3.8) is 0 Å². The lowest BCUT2D eigenvalue weighted by molar-refractivity contribution is -0.153. The summed E-state index contributed by atoms with van der Waals surface area (Å²) in [6.45, 7) is 11.1. The summed E-state index contributed by atoms with van der Waals surface area (Å²) in [6, 6.07) is 14.8. The van der Waals surface area contributed by atoms with Gasteiger partial charge in [0.25, 0.3) is 0 Å². The molecule has 2 unspecified atom stereocenters. The molecule has 0 bridgehead atoms. The van der Waals surface area contributed by atoms with Crippen LogP contribution in [-0.4, -0.2) is 26.1 Å². The summed E-state index contributed by atoms with van der Waals surface area (Å²) in [4.78, 5) is 0. The smallest absolute Gasteiger partial charge is 0.422 e. The van der Waals surface area contributed by atoms with Crippen molar-refractivity contribution in [3.8, 4) is 11.5 Å². The minimum absolute atomic E-state index is 0.0582. The van der Waals surface area contributed by atoms with E-state index in [0.717, 1.165) is 17.7 Å². The van der Waals surface area contributed by atoms with Crippen molar-refractivity contribution < 1.29 is 27.0 Å². The molecule has 0 heterocycles. The molecule has 2 atom stereocenters. The number of benzene rings is 2. The first-order valence-corrected chi connectivity index (χ1v) is 11.0. The Hall–Kier alpha value is -2.24. The molecule has 32 heavy (non-hydrogen) atoms. The van der Waals surface area contributed by atoms with Crippen molar-refractivity contribution in [2.45, 2.75) is 66.0 Å². The van der Waals surface area contributed by atoms with Gasteiger partial charge in [-0.25, -0.2) is 4.39 Å². The van der Waals surface area contributed by atoms with Gasteiger partial charge in [0, 0.05) is 0 Å². The molecule has 2 aromatic carbocycles. The lowest BCUT2D eigenvalue weighted by Gasteiger charge is -2.27. The van der Waals surface area contributed by atoms with Gasteiger partial charge in [0.15, 0.2) is 6.61 Å². The molecule has 0 fully saturated rings. The maximum atomic E-state index is 12.1. The minimum Gasteiger partial charge on any atom is -0.491 e. The van der Waals surface area contributed by atoms with E-state index >= 15 is 0 Å². The Morgan fingerprint density at radius 2 is 1.38 bits per heavy atom. The summed E-state index contributed by atoms with van der Waals surface area (Å²) in [7, 11) is 0. The number of halogens is 4. The molecular formula is C26H36F4O2. The van der Waals surface area contributed by atoms with E-state index in [-0.39, 0.29) is 23.7 Å². The fraction of sp³-hybridized carbons (Fsp3) is 0.538. The summed E-state index contributed by atoms with van der Waals surface area (Å²) < 4.78 is 58.0. The van der Waals surface area contributed by atoms with Crippen molar-refractivity contribution in [2.24, 2.45) is 5.41 Å². The fourth-order valence-corrected chi connectivity index (χ4v) is 2.84. The van der Waals surface area contributed by atoms with Crippen LogP contribution in [0.5, 0.6) is 11.5 Å². The summed E-state index contributed by atoms with van der Waals surface area (Å²) in [6.07, 6.45) is -3.20. The third-order valence-corrected chi connectivity index (χ3v) is 5.45. The summed E-state index contributed by atoms with van der Waals surface area (Å²) in [5, 5.41) is 0. The van der Waals surface area contributed by atoms with Gasteiger partial charge in [-0.1, -0.05) is 65.8 Å². The van der Waals surface area contributed by atoms with Crippen LogP contribution in [0.1, 0.15) is 70.9 Å². The molecule has 0 aliphatic heterocycles. The van der Waals surface area contributed by atoms with Gasteiger partial charge >= 0.3 is 6.18 Å². The maximum absolute atomic E-state index is 12.1. The second-order valence-corrected chi connectivity index (χ2v) is 8.98. The first-order valence-electron chi connectivity index (χ1n) is 11.0. The van der Waals surface area contributed by atoms with E-state index in [4.69, 9.17) is 9.47 Å². The lowest BCUT2D eigenvalue weighted by Crippen LogP contribution is -2.19. The van der Waals surface area contributed by atoms with Gasteiger partial charge in [0.1, 0.15) is 24.8 Å². The maximum Gasteiger partial charge on any atom is 0.422 e. The van der Waals surface area contributed by atoms with Gasteiger partial charge < -0.3 is 9.47 Å². The van der Waals surface area contributed by atoms with Crippen LogP contribution in [0.3, 0.4) is 0 Å². The Morgan fingerprint density at radius 3 is 1.88 bits per heavy atom. The zero-order valence-electron chi connectivity index (χ0n) is 19.9. The number of ether oxygens (including phenoxy) is 2. The molecule has 0 aliphatic carbocycles. The summed E-state index contributed by atoms with van der Waals surface area (Å²) >= 11 is 0. The van der Waals surface area contributed by atoms with E-state index in [9.17, 15) is 17.6 Å². The molecule has 2 nitrogen and oxygen atoms in total. The van der Waals surface area contributed by atoms with Crippen LogP contribution in [0.4, 0.5) is 17.6 Å². The molecule has 6 heteroatoms. The number of rotatable bonds is 8. The second kappa shape index (κ2) is 12.7. The van der Waals surface area contributed by atoms with E-state index < -0.39 is 19.5 Å². The average molecular weight is 457 g/mol. The van der Waals surface area contributed by atoms with Gasteiger partial charge in [-0.15, -0.1) is 0 Å². The summed E-state index contributed by atoms with van der Waals surface area (Å²) in [5.74, 6) is 1.80. The van der Waals surface area contributed by atoms with Gasteiger partial charge in [0.05, 0.1) is 0 Å². The van der Waals surface area contributed by atoms with Crippen molar-refractivity contribution >= 4 is 0 Å². The predicted molar refractivity (Wildman–Crippen MR) is 122 cm³/mol. The Morgan fingerprint density at radius 1 is 0.844 bits per heavy atom. The van der Waals surface area contributed by atoms with Gasteiger partial charge in [-0.05, 0) is 59.1 Å². The second-order valence-electron chi connectivity index (χ2n) is 8.98. The minimum atomic E-state index is -4.30. The molecular weight excluding hydrogens is 420 g/mol. The third-order valence-electron chi connectivity index (χ3n) is 5.45. The first kappa shape index (κ1) is 27.8. The number of alkyl halides is 4. The highest BCUT2D eigenvalue weighted by atomic mass is 19.4. The van der Waals surface area contributed by atoms with Gasteiger partial charge in [-0.2, -0.15) is 13.2 Å². The molecule has 180 valence electrons. The van der Waals surface area contributed by atoms with Crippen LogP contribution in [0, 0.1) is 5.41 Å². The van der Waals surface area contributed by atoms with E-state index in [1.807, 2.05) is 24.3 Å². The van der Waals surface area contributed by atoms with E-state index in [1.54, 1.807) is 18.2 Å². The molecule has 0 spiro atoms. The predicted octanol–water partition coefficient (Wildman–Crippen LogP) is 8.33. The van der Waals surface area contributed by atoms with Crippen molar-refractivity contribution in [2.75, 3.05) is 19.9 Å². The Kier molecular flexibility index (Phi) is 11.0. The number of hydrogen-bond acceptors (Lipinski definition) is 2. The third kappa shape index (κ3) is 10.4. The van der Waals surface area contributed by atoms with Crippen LogP contribution in [0.25, 0.3) is 0 Å². The highest BCUT2D eigenvalue weighted by molar-refractivity contribution is 5.32. The molecule has 0 amide bonds. The van der Waals surface area contributed by atoms with Crippen molar-refractivity contribution in [1.82, 2.24) is 0 Å². The molecule has 0 radical (unpaired) electrons. The quantitative estimate of drug-likeness (QED) is 0.372. The van der Waals surface area contributed by atoms with E-state index in [1.165, 1.54) is 5.56 Å². The van der Waals surface area contributed by atoms with E-state index in [2.05, 4.69) is 47.6 Å². The molecule has 2 aromatic rings.